The van der Waals surface area contributed by atoms with Gasteiger partial charge in [-0.3, -0.25) is 0 Å². The van der Waals surface area contributed by atoms with Gasteiger partial charge in [0.25, 0.3) is 0 Å². The minimum absolute atomic E-state index is 0.292. The third kappa shape index (κ3) is 6.28. The van der Waals surface area contributed by atoms with Crippen LogP contribution in [-0.4, -0.2) is 36.1 Å². The minimum atomic E-state index is -0.812. The fraction of sp³-hybridized carbons (Fsp3) is 0.190. The zero-order chi connectivity index (χ0) is 20.4. The number of hydrogen-bond acceptors (Lipinski definition) is 5. The molecule has 146 valence electrons. The predicted octanol–water partition coefficient (Wildman–Crippen LogP) is 3.65. The predicted molar refractivity (Wildman–Crippen MR) is 108 cm³/mol. The third-order valence-electron chi connectivity index (χ3n) is 3.98. The van der Waals surface area contributed by atoms with Gasteiger partial charge in [-0.1, -0.05) is 59.8 Å². The highest BCUT2D eigenvalue weighted by Crippen LogP contribution is 2.11. The molecule has 0 fully saturated rings. The van der Waals surface area contributed by atoms with Crippen molar-refractivity contribution in [2.24, 2.45) is 5.16 Å². The van der Waals surface area contributed by atoms with Crippen LogP contribution in [0.5, 0.6) is 0 Å². The quantitative estimate of drug-likeness (QED) is 0.295. The highest BCUT2D eigenvalue weighted by Gasteiger charge is 2.20. The molecular weight excluding hydrogens is 358 g/mol. The molecule has 2 amide bonds. The molecule has 3 N–H and O–H groups in total. The van der Waals surface area contributed by atoms with Crippen LogP contribution in [-0.2, 0) is 9.53 Å². The summed E-state index contributed by atoms with van der Waals surface area (Å²) in [5.41, 5.74) is 2.73. The van der Waals surface area contributed by atoms with E-state index in [2.05, 4.69) is 15.8 Å². The second-order valence-electron chi connectivity index (χ2n) is 5.99. The molecule has 1 unspecified atom stereocenters. The SMILES string of the molecule is COC(=O)C(C/C=C/c1ccccc1)NC(=O)Nc1ccc(/C(C)=N/O)cc1. The molecule has 0 radical (unpaired) electrons. The lowest BCUT2D eigenvalue weighted by atomic mass is 10.1. The first kappa shape index (κ1) is 20.7. The van der Waals surface area contributed by atoms with Crippen LogP contribution in [0.4, 0.5) is 10.5 Å². The summed E-state index contributed by atoms with van der Waals surface area (Å²) in [6, 6.07) is 15.1. The monoisotopic (exact) mass is 381 g/mol. The summed E-state index contributed by atoms with van der Waals surface area (Å²) >= 11 is 0. The van der Waals surface area contributed by atoms with E-state index >= 15 is 0 Å². The Bertz CT molecular complexity index is 846. The number of amides is 2. The zero-order valence-corrected chi connectivity index (χ0v) is 15.8. The molecule has 0 spiro atoms. The van der Waals surface area contributed by atoms with Crippen molar-refractivity contribution in [2.45, 2.75) is 19.4 Å². The van der Waals surface area contributed by atoms with Crippen LogP contribution in [0.2, 0.25) is 0 Å². The Kier molecular flexibility index (Phi) is 7.77. The van der Waals surface area contributed by atoms with Crippen molar-refractivity contribution >= 4 is 29.5 Å². The van der Waals surface area contributed by atoms with Crippen LogP contribution >= 0.6 is 0 Å². The second-order valence-corrected chi connectivity index (χ2v) is 5.99. The normalized spacial score (nSPS) is 12.4. The number of esters is 1. The number of ether oxygens (including phenoxy) is 1. The molecule has 7 nitrogen and oxygen atoms in total. The largest absolute Gasteiger partial charge is 0.467 e. The van der Waals surface area contributed by atoms with E-state index in [-0.39, 0.29) is 0 Å². The van der Waals surface area contributed by atoms with Crippen molar-refractivity contribution < 1.29 is 19.5 Å². The van der Waals surface area contributed by atoms with E-state index in [1.165, 1.54) is 7.11 Å². The molecule has 1 atom stereocenters. The number of oxime groups is 1. The summed E-state index contributed by atoms with van der Waals surface area (Å²) in [6.45, 7) is 1.67. The van der Waals surface area contributed by atoms with Gasteiger partial charge < -0.3 is 20.6 Å². The summed E-state index contributed by atoms with van der Waals surface area (Å²) in [4.78, 5) is 24.2. The molecule has 0 saturated heterocycles. The van der Waals surface area contributed by atoms with Crippen LogP contribution in [0.25, 0.3) is 6.08 Å². The van der Waals surface area contributed by atoms with E-state index in [1.807, 2.05) is 42.5 Å². The van der Waals surface area contributed by atoms with Gasteiger partial charge in [-0.15, -0.1) is 0 Å². The molecular formula is C21H23N3O4. The topological polar surface area (TPSA) is 100 Å². The standard InChI is InChI=1S/C21H23N3O4/c1-15(24-27)17-11-13-18(14-12-17)22-21(26)23-19(20(25)28-2)10-6-9-16-7-4-3-5-8-16/h3-9,11-14,19,27H,10H2,1-2H3,(H2,22,23,26)/b9-6+,24-15+. The van der Waals surface area contributed by atoms with E-state index in [4.69, 9.17) is 9.94 Å². The second kappa shape index (κ2) is 10.5. The van der Waals surface area contributed by atoms with Gasteiger partial charge in [-0.2, -0.15) is 0 Å². The van der Waals surface area contributed by atoms with Gasteiger partial charge in [0, 0.05) is 5.69 Å². The molecule has 0 aliphatic rings. The van der Waals surface area contributed by atoms with Crippen molar-refractivity contribution in [1.29, 1.82) is 0 Å². The Balaban J connectivity index is 1.96. The average Bonchev–Trinajstić information content (AvgIpc) is 2.73. The van der Waals surface area contributed by atoms with E-state index in [0.29, 0.717) is 17.8 Å². The molecule has 0 aliphatic heterocycles. The van der Waals surface area contributed by atoms with Crippen LogP contribution < -0.4 is 10.6 Å². The molecule has 0 bridgehead atoms. The number of carbonyl (C=O) groups is 2. The summed E-state index contributed by atoms with van der Waals surface area (Å²) in [6.07, 6.45) is 3.97. The van der Waals surface area contributed by atoms with Crippen LogP contribution in [0.15, 0.2) is 65.8 Å². The van der Waals surface area contributed by atoms with E-state index < -0.39 is 18.0 Å². The highest BCUT2D eigenvalue weighted by molar-refractivity contribution is 5.99. The molecule has 0 aromatic heterocycles. The highest BCUT2D eigenvalue weighted by atomic mass is 16.5. The first-order valence-electron chi connectivity index (χ1n) is 8.69. The number of rotatable bonds is 7. The van der Waals surface area contributed by atoms with Crippen molar-refractivity contribution in [2.75, 3.05) is 12.4 Å². The van der Waals surface area contributed by atoms with Crippen LogP contribution in [0.1, 0.15) is 24.5 Å². The summed E-state index contributed by atoms with van der Waals surface area (Å²) in [5.74, 6) is -0.530. The van der Waals surface area contributed by atoms with E-state index in [9.17, 15) is 9.59 Å². The van der Waals surface area contributed by atoms with Crippen molar-refractivity contribution in [3.8, 4) is 0 Å². The lowest BCUT2D eigenvalue weighted by molar-refractivity contribution is -0.142. The molecule has 2 aromatic carbocycles. The number of nitrogens with one attached hydrogen (secondary N) is 2. The molecule has 2 aromatic rings. The number of hydrogen-bond donors (Lipinski definition) is 3. The zero-order valence-electron chi connectivity index (χ0n) is 15.8. The fourth-order valence-electron chi connectivity index (χ4n) is 2.44. The molecule has 0 aliphatic carbocycles. The fourth-order valence-corrected chi connectivity index (χ4v) is 2.44. The van der Waals surface area contributed by atoms with E-state index in [0.717, 1.165) is 11.1 Å². The Morgan fingerprint density at radius 3 is 2.43 bits per heavy atom. The number of anilines is 1. The molecule has 7 heteroatoms. The molecule has 0 heterocycles. The first-order valence-corrected chi connectivity index (χ1v) is 8.69. The maximum atomic E-state index is 12.2. The van der Waals surface area contributed by atoms with Gasteiger partial charge in [-0.25, -0.2) is 9.59 Å². The number of urea groups is 1. The van der Waals surface area contributed by atoms with Crippen molar-refractivity contribution in [3.63, 3.8) is 0 Å². The van der Waals surface area contributed by atoms with Gasteiger partial charge >= 0.3 is 12.0 Å². The third-order valence-corrected chi connectivity index (χ3v) is 3.98. The maximum Gasteiger partial charge on any atom is 0.328 e. The molecule has 28 heavy (non-hydrogen) atoms. The number of carbonyl (C=O) groups excluding carboxylic acids is 2. The lowest BCUT2D eigenvalue weighted by Gasteiger charge is -2.15. The summed E-state index contributed by atoms with van der Waals surface area (Å²) < 4.78 is 4.77. The van der Waals surface area contributed by atoms with Gasteiger partial charge in [-0.05, 0) is 36.6 Å². The Morgan fingerprint density at radius 2 is 1.82 bits per heavy atom. The summed E-state index contributed by atoms with van der Waals surface area (Å²) in [7, 11) is 1.28. The smallest absolute Gasteiger partial charge is 0.328 e. The lowest BCUT2D eigenvalue weighted by Crippen LogP contribution is -2.43. The van der Waals surface area contributed by atoms with Crippen LogP contribution in [0, 0.1) is 0 Å². The molecule has 2 rings (SSSR count). The van der Waals surface area contributed by atoms with Gasteiger partial charge in [0.1, 0.15) is 6.04 Å². The van der Waals surface area contributed by atoms with E-state index in [1.54, 1.807) is 31.2 Å². The number of methoxy groups -OCH3 is 1. The van der Waals surface area contributed by atoms with Gasteiger partial charge in [0.05, 0.1) is 12.8 Å². The van der Waals surface area contributed by atoms with Gasteiger partial charge in [0.15, 0.2) is 0 Å². The Morgan fingerprint density at radius 1 is 1.14 bits per heavy atom. The van der Waals surface area contributed by atoms with Crippen LogP contribution in [0.3, 0.4) is 0 Å². The first-order chi connectivity index (χ1) is 13.5. The minimum Gasteiger partial charge on any atom is -0.467 e. The Hall–Kier alpha value is -3.61. The summed E-state index contributed by atoms with van der Waals surface area (Å²) in [5, 5.41) is 17.2. The number of nitrogens with zero attached hydrogens (tertiary/aromatic N) is 1. The number of benzene rings is 2. The maximum absolute atomic E-state index is 12.2. The van der Waals surface area contributed by atoms with Gasteiger partial charge in [0.2, 0.25) is 0 Å². The van der Waals surface area contributed by atoms with Crippen molar-refractivity contribution in [3.05, 3.63) is 71.8 Å². The Labute approximate surface area is 163 Å². The van der Waals surface area contributed by atoms with Crippen molar-refractivity contribution in [1.82, 2.24) is 5.32 Å². The molecule has 0 saturated carbocycles. The average molecular weight is 381 g/mol.